The number of nitrogens with one attached hydrogen (secondary N) is 1. The number of hydrogen-bond donors (Lipinski definition) is 1. The number of benzene rings is 1. The largest absolute Gasteiger partial charge is 0.374 e. The molecular formula is C18H29N3. The highest BCUT2D eigenvalue weighted by Crippen LogP contribution is 2.38. The van der Waals surface area contributed by atoms with Gasteiger partial charge in [0.1, 0.15) is 0 Å². The van der Waals surface area contributed by atoms with Crippen LogP contribution in [0.2, 0.25) is 0 Å². The van der Waals surface area contributed by atoms with Crippen molar-refractivity contribution in [3.63, 3.8) is 0 Å². The minimum atomic E-state index is 0.588. The van der Waals surface area contributed by atoms with Crippen LogP contribution in [0.1, 0.15) is 36.9 Å². The molecule has 2 heterocycles. The highest BCUT2D eigenvalue weighted by atomic mass is 15.2. The molecule has 3 rings (SSSR count). The summed E-state index contributed by atoms with van der Waals surface area (Å²) >= 11 is 0. The lowest BCUT2D eigenvalue weighted by atomic mass is 9.92. The van der Waals surface area contributed by atoms with E-state index in [0.29, 0.717) is 6.04 Å². The molecule has 1 fully saturated rings. The van der Waals surface area contributed by atoms with Gasteiger partial charge in [-0.25, -0.2) is 0 Å². The summed E-state index contributed by atoms with van der Waals surface area (Å²) in [6.45, 7) is 6.92. The van der Waals surface area contributed by atoms with Crippen LogP contribution in [0.3, 0.4) is 0 Å². The number of nitrogens with zero attached hydrogens (tertiary/aromatic N) is 2. The summed E-state index contributed by atoms with van der Waals surface area (Å²) in [6, 6.07) is 7.75. The Morgan fingerprint density at radius 1 is 1.24 bits per heavy atom. The van der Waals surface area contributed by atoms with Crippen molar-refractivity contribution < 1.29 is 0 Å². The van der Waals surface area contributed by atoms with E-state index in [9.17, 15) is 0 Å². The predicted molar refractivity (Wildman–Crippen MR) is 90.1 cm³/mol. The standard InChI is InChI=1S/C18H29N3/c1-4-9-19-13-16-8-11-21(3)18(16)15-5-6-17-14(12-15)7-10-20(17)2/h5-6,12,16,18-19H,4,7-11,13H2,1-3H3. The summed E-state index contributed by atoms with van der Waals surface area (Å²) in [6.07, 6.45) is 3.74. The normalized spacial score (nSPS) is 25.6. The number of rotatable bonds is 5. The van der Waals surface area contributed by atoms with E-state index in [2.05, 4.69) is 54.3 Å². The Bertz CT molecular complexity index is 485. The Kier molecular flexibility index (Phi) is 4.51. The van der Waals surface area contributed by atoms with Gasteiger partial charge in [0.2, 0.25) is 0 Å². The minimum absolute atomic E-state index is 0.588. The van der Waals surface area contributed by atoms with Crippen molar-refractivity contribution >= 4 is 5.69 Å². The molecule has 116 valence electrons. The van der Waals surface area contributed by atoms with E-state index in [1.165, 1.54) is 49.2 Å². The van der Waals surface area contributed by atoms with E-state index in [0.717, 1.165) is 19.0 Å². The van der Waals surface area contributed by atoms with E-state index in [4.69, 9.17) is 0 Å². The van der Waals surface area contributed by atoms with E-state index in [1.54, 1.807) is 0 Å². The first-order valence-corrected chi connectivity index (χ1v) is 8.45. The fourth-order valence-electron chi connectivity index (χ4n) is 4.00. The zero-order chi connectivity index (χ0) is 14.8. The highest BCUT2D eigenvalue weighted by Gasteiger charge is 2.33. The molecule has 21 heavy (non-hydrogen) atoms. The average Bonchev–Trinajstić information content (AvgIpc) is 3.03. The molecule has 0 spiro atoms. The molecule has 3 heteroatoms. The van der Waals surface area contributed by atoms with Gasteiger partial charge in [-0.05, 0) is 69.1 Å². The van der Waals surface area contributed by atoms with Crippen LogP contribution in [-0.4, -0.2) is 45.2 Å². The Balaban J connectivity index is 1.77. The number of fused-ring (bicyclic) bond motifs is 1. The number of hydrogen-bond acceptors (Lipinski definition) is 3. The van der Waals surface area contributed by atoms with Crippen molar-refractivity contribution in [2.24, 2.45) is 5.92 Å². The Morgan fingerprint density at radius 2 is 2.10 bits per heavy atom. The molecule has 2 aliphatic rings. The molecule has 1 saturated heterocycles. The lowest BCUT2D eigenvalue weighted by Gasteiger charge is -2.26. The van der Waals surface area contributed by atoms with E-state index < -0.39 is 0 Å². The van der Waals surface area contributed by atoms with Crippen LogP contribution >= 0.6 is 0 Å². The molecule has 1 aromatic carbocycles. The van der Waals surface area contributed by atoms with Crippen LogP contribution in [0.15, 0.2) is 18.2 Å². The van der Waals surface area contributed by atoms with Crippen molar-refractivity contribution in [2.75, 3.05) is 45.2 Å². The maximum absolute atomic E-state index is 3.62. The number of likely N-dealkylation sites (N-methyl/N-ethyl adjacent to an activating group) is 1. The molecule has 0 bridgehead atoms. The van der Waals surface area contributed by atoms with Gasteiger partial charge >= 0.3 is 0 Å². The Hall–Kier alpha value is -1.06. The van der Waals surface area contributed by atoms with Crippen molar-refractivity contribution in [1.82, 2.24) is 10.2 Å². The Labute approximate surface area is 129 Å². The molecule has 2 atom stereocenters. The van der Waals surface area contributed by atoms with Gasteiger partial charge in [-0.2, -0.15) is 0 Å². The molecule has 0 aliphatic carbocycles. The molecule has 0 aromatic heterocycles. The van der Waals surface area contributed by atoms with E-state index in [-0.39, 0.29) is 0 Å². The summed E-state index contributed by atoms with van der Waals surface area (Å²) in [4.78, 5) is 4.91. The molecule has 2 unspecified atom stereocenters. The third kappa shape index (κ3) is 2.95. The maximum atomic E-state index is 3.62. The van der Waals surface area contributed by atoms with Crippen molar-refractivity contribution in [3.8, 4) is 0 Å². The molecule has 2 aliphatic heterocycles. The minimum Gasteiger partial charge on any atom is -0.374 e. The van der Waals surface area contributed by atoms with E-state index >= 15 is 0 Å². The molecule has 0 radical (unpaired) electrons. The average molecular weight is 287 g/mol. The van der Waals surface area contributed by atoms with Gasteiger partial charge in [-0.15, -0.1) is 0 Å². The van der Waals surface area contributed by atoms with Crippen LogP contribution in [-0.2, 0) is 6.42 Å². The van der Waals surface area contributed by atoms with Crippen molar-refractivity contribution in [1.29, 1.82) is 0 Å². The summed E-state index contributed by atoms with van der Waals surface area (Å²) in [7, 11) is 4.48. The van der Waals surface area contributed by atoms with Gasteiger partial charge < -0.3 is 10.2 Å². The number of anilines is 1. The lowest BCUT2D eigenvalue weighted by molar-refractivity contribution is 0.272. The SMILES string of the molecule is CCCNCC1CCN(C)C1c1ccc2c(c1)CCN2C. The quantitative estimate of drug-likeness (QED) is 0.840. The highest BCUT2D eigenvalue weighted by molar-refractivity contribution is 5.58. The second-order valence-electron chi connectivity index (χ2n) is 6.74. The summed E-state index contributed by atoms with van der Waals surface area (Å²) < 4.78 is 0. The van der Waals surface area contributed by atoms with Crippen LogP contribution < -0.4 is 10.2 Å². The molecule has 1 N–H and O–H groups in total. The second-order valence-corrected chi connectivity index (χ2v) is 6.74. The summed E-state index contributed by atoms with van der Waals surface area (Å²) in [5.74, 6) is 0.749. The number of likely N-dealkylation sites (tertiary alicyclic amines) is 1. The van der Waals surface area contributed by atoms with Crippen LogP contribution in [0, 0.1) is 5.92 Å². The molecule has 3 nitrogen and oxygen atoms in total. The lowest BCUT2D eigenvalue weighted by Crippen LogP contribution is -2.29. The first kappa shape index (κ1) is 14.9. The van der Waals surface area contributed by atoms with E-state index in [1.807, 2.05) is 0 Å². The third-order valence-electron chi connectivity index (χ3n) is 5.18. The summed E-state index contributed by atoms with van der Waals surface area (Å²) in [5, 5.41) is 3.62. The van der Waals surface area contributed by atoms with Crippen LogP contribution in [0.5, 0.6) is 0 Å². The molecule has 0 saturated carbocycles. The second kappa shape index (κ2) is 6.37. The topological polar surface area (TPSA) is 18.5 Å². The fraction of sp³-hybridized carbons (Fsp3) is 0.667. The van der Waals surface area contributed by atoms with Gasteiger partial charge in [0, 0.05) is 25.3 Å². The molecular weight excluding hydrogens is 258 g/mol. The van der Waals surface area contributed by atoms with Gasteiger partial charge in [0.15, 0.2) is 0 Å². The third-order valence-corrected chi connectivity index (χ3v) is 5.18. The zero-order valence-electron chi connectivity index (χ0n) is 13.7. The molecule has 0 amide bonds. The first-order chi connectivity index (χ1) is 10.2. The van der Waals surface area contributed by atoms with Crippen molar-refractivity contribution in [2.45, 2.75) is 32.2 Å². The van der Waals surface area contributed by atoms with Gasteiger partial charge in [-0.1, -0.05) is 19.1 Å². The first-order valence-electron chi connectivity index (χ1n) is 8.45. The van der Waals surface area contributed by atoms with Crippen LogP contribution in [0.25, 0.3) is 0 Å². The van der Waals surface area contributed by atoms with Crippen LogP contribution in [0.4, 0.5) is 5.69 Å². The maximum Gasteiger partial charge on any atom is 0.0397 e. The fourth-order valence-corrected chi connectivity index (χ4v) is 4.00. The smallest absolute Gasteiger partial charge is 0.0397 e. The van der Waals surface area contributed by atoms with Gasteiger partial charge in [-0.3, -0.25) is 4.90 Å². The summed E-state index contributed by atoms with van der Waals surface area (Å²) in [5.41, 5.74) is 4.49. The monoisotopic (exact) mass is 287 g/mol. The van der Waals surface area contributed by atoms with Gasteiger partial charge in [0.05, 0.1) is 0 Å². The van der Waals surface area contributed by atoms with Crippen molar-refractivity contribution in [3.05, 3.63) is 29.3 Å². The Morgan fingerprint density at radius 3 is 2.90 bits per heavy atom. The molecule has 1 aromatic rings. The predicted octanol–water partition coefficient (Wildman–Crippen LogP) is 2.67. The zero-order valence-corrected chi connectivity index (χ0v) is 13.7. The van der Waals surface area contributed by atoms with Gasteiger partial charge in [0.25, 0.3) is 0 Å².